The molecule has 5 heterocycles. The van der Waals surface area contributed by atoms with Gasteiger partial charge in [-0.3, -0.25) is 4.79 Å². The van der Waals surface area contributed by atoms with Gasteiger partial charge in [0.1, 0.15) is 33.9 Å². The van der Waals surface area contributed by atoms with Crippen LogP contribution >= 0.6 is 11.6 Å². The smallest absolute Gasteiger partial charge is 0.404 e. The first kappa shape index (κ1) is 23.2. The number of anilines is 2. The third-order valence-electron chi connectivity index (χ3n) is 6.69. The average Bonchev–Trinajstić information content (AvgIpc) is 3.24. The molecule has 0 saturated carbocycles. The maximum absolute atomic E-state index is 12.9. The van der Waals surface area contributed by atoms with E-state index in [0.717, 1.165) is 19.0 Å². The van der Waals surface area contributed by atoms with Crippen molar-refractivity contribution in [2.45, 2.75) is 25.2 Å². The lowest BCUT2D eigenvalue weighted by atomic mass is 9.92. The average molecular weight is 505 g/mol. The lowest BCUT2D eigenvalue weighted by Crippen LogP contribution is -2.47. The molecule has 5 rings (SSSR count). The summed E-state index contributed by atoms with van der Waals surface area (Å²) in [7, 11) is 1.60. The lowest BCUT2D eigenvalue weighted by molar-refractivity contribution is -0.274. The molecule has 0 spiro atoms. The molecular weight excluding hydrogens is 485 g/mol. The van der Waals surface area contributed by atoms with Crippen LogP contribution in [-0.4, -0.2) is 46.6 Å². The van der Waals surface area contributed by atoms with E-state index in [4.69, 9.17) is 11.6 Å². The Kier molecular flexibility index (Phi) is 5.71. The molecule has 0 amide bonds. The molecule has 0 aliphatic carbocycles. The maximum atomic E-state index is 12.9. The molecule has 0 N–H and O–H groups in total. The summed E-state index contributed by atoms with van der Waals surface area (Å²) < 4.78 is 42.7. The largest absolute Gasteiger partial charge is 0.573 e. The standard InChI is InChI=1S/C23H20ClF3N6O2/c1-31-17-3-4-18(24)30-20(17)21(15(10-28)22(31)34)32-8-7-16-13(12-32)6-9-33(16)19-5-2-14(11-29-19)35-23(25,26)27/h2-5,11,13,16H,6-9,12H2,1H3/t13-,16+/m1/s1. The summed E-state index contributed by atoms with van der Waals surface area (Å²) in [5, 5.41) is 10.1. The van der Waals surface area contributed by atoms with Crippen molar-refractivity contribution in [2.24, 2.45) is 13.0 Å². The Labute approximate surface area is 203 Å². The summed E-state index contributed by atoms with van der Waals surface area (Å²) in [4.78, 5) is 25.7. The van der Waals surface area contributed by atoms with Crippen LogP contribution in [0.25, 0.3) is 11.0 Å². The molecule has 2 saturated heterocycles. The van der Waals surface area contributed by atoms with E-state index >= 15 is 0 Å². The van der Waals surface area contributed by atoms with Gasteiger partial charge in [-0.2, -0.15) is 5.26 Å². The third-order valence-corrected chi connectivity index (χ3v) is 6.90. The van der Waals surface area contributed by atoms with Gasteiger partial charge in [0.25, 0.3) is 5.56 Å². The summed E-state index contributed by atoms with van der Waals surface area (Å²) in [6, 6.07) is 8.32. The molecule has 8 nitrogen and oxygen atoms in total. The molecule has 35 heavy (non-hydrogen) atoms. The van der Waals surface area contributed by atoms with Gasteiger partial charge in [-0.1, -0.05) is 11.6 Å². The number of hydrogen-bond acceptors (Lipinski definition) is 7. The fraction of sp³-hybridized carbons (Fsp3) is 0.391. The Morgan fingerprint density at radius 3 is 2.69 bits per heavy atom. The number of hydrogen-bond donors (Lipinski definition) is 0. The van der Waals surface area contributed by atoms with E-state index in [0.29, 0.717) is 42.2 Å². The summed E-state index contributed by atoms with van der Waals surface area (Å²) >= 11 is 6.15. The highest BCUT2D eigenvalue weighted by Crippen LogP contribution is 2.38. The second-order valence-corrected chi connectivity index (χ2v) is 9.03. The van der Waals surface area contributed by atoms with Crippen LogP contribution in [0.2, 0.25) is 5.15 Å². The molecule has 182 valence electrons. The van der Waals surface area contributed by atoms with E-state index in [1.807, 2.05) is 4.90 Å². The molecule has 0 bridgehead atoms. The fourth-order valence-corrected chi connectivity index (χ4v) is 5.33. The number of fused-ring (bicyclic) bond motifs is 2. The molecule has 2 atom stereocenters. The number of rotatable bonds is 3. The van der Waals surface area contributed by atoms with E-state index < -0.39 is 6.36 Å². The number of alkyl halides is 3. The third kappa shape index (κ3) is 4.23. The van der Waals surface area contributed by atoms with Gasteiger partial charge in [-0.05, 0) is 43.0 Å². The van der Waals surface area contributed by atoms with E-state index in [-0.39, 0.29) is 34.0 Å². The summed E-state index contributed by atoms with van der Waals surface area (Å²) in [6.07, 6.45) is -2.14. The maximum Gasteiger partial charge on any atom is 0.573 e. The molecule has 0 unspecified atom stereocenters. The predicted molar refractivity (Wildman–Crippen MR) is 124 cm³/mol. The van der Waals surface area contributed by atoms with Crippen LogP contribution in [-0.2, 0) is 7.05 Å². The number of ether oxygens (including phenoxy) is 1. The number of halogens is 4. The Balaban J connectivity index is 1.42. The molecular formula is C23H20ClF3N6O2. The van der Waals surface area contributed by atoms with Gasteiger partial charge < -0.3 is 19.1 Å². The number of nitrogens with zero attached hydrogens (tertiary/aromatic N) is 6. The zero-order valence-corrected chi connectivity index (χ0v) is 19.3. The molecule has 2 aliphatic rings. The number of piperidine rings is 1. The highest BCUT2D eigenvalue weighted by atomic mass is 35.5. The zero-order valence-electron chi connectivity index (χ0n) is 18.6. The topological polar surface area (TPSA) is 87.3 Å². The Hall–Kier alpha value is -3.52. The summed E-state index contributed by atoms with van der Waals surface area (Å²) in [6.45, 7) is 1.86. The Morgan fingerprint density at radius 2 is 2.00 bits per heavy atom. The van der Waals surface area contributed by atoms with Crippen molar-refractivity contribution in [3.8, 4) is 11.8 Å². The first-order valence-corrected chi connectivity index (χ1v) is 11.4. The predicted octanol–water partition coefficient (Wildman–Crippen LogP) is 3.86. The van der Waals surface area contributed by atoms with Crippen molar-refractivity contribution >= 4 is 34.1 Å². The van der Waals surface area contributed by atoms with Gasteiger partial charge in [0, 0.05) is 32.7 Å². The number of nitriles is 1. The monoisotopic (exact) mass is 504 g/mol. The number of aromatic nitrogens is 3. The first-order chi connectivity index (χ1) is 16.7. The molecule has 0 aromatic carbocycles. The molecule has 0 radical (unpaired) electrons. The minimum atomic E-state index is -4.77. The van der Waals surface area contributed by atoms with Gasteiger partial charge in [0.15, 0.2) is 0 Å². The van der Waals surface area contributed by atoms with E-state index in [2.05, 4.69) is 25.7 Å². The lowest BCUT2D eigenvalue weighted by Gasteiger charge is -2.40. The normalized spacial score (nSPS) is 20.1. The van der Waals surface area contributed by atoms with E-state index in [9.17, 15) is 23.2 Å². The molecule has 2 fully saturated rings. The minimum absolute atomic E-state index is 0.0324. The summed E-state index contributed by atoms with van der Waals surface area (Å²) in [5.41, 5.74) is 1.24. The van der Waals surface area contributed by atoms with Crippen LogP contribution in [0.1, 0.15) is 18.4 Å². The van der Waals surface area contributed by atoms with Crippen molar-refractivity contribution in [1.29, 1.82) is 5.26 Å². The van der Waals surface area contributed by atoms with Gasteiger partial charge >= 0.3 is 6.36 Å². The van der Waals surface area contributed by atoms with E-state index in [1.165, 1.54) is 16.7 Å². The van der Waals surface area contributed by atoms with Crippen molar-refractivity contribution in [2.75, 3.05) is 29.4 Å². The van der Waals surface area contributed by atoms with Crippen LogP contribution < -0.4 is 20.1 Å². The van der Waals surface area contributed by atoms with Crippen molar-refractivity contribution in [1.82, 2.24) is 14.5 Å². The van der Waals surface area contributed by atoms with Crippen LogP contribution in [0.4, 0.5) is 24.7 Å². The Bertz CT molecular complexity index is 1390. The quantitative estimate of drug-likeness (QED) is 0.500. The number of pyridine rings is 3. The second kappa shape index (κ2) is 8.61. The van der Waals surface area contributed by atoms with Crippen LogP contribution in [0.5, 0.6) is 5.75 Å². The minimum Gasteiger partial charge on any atom is -0.404 e. The molecule has 3 aromatic rings. The van der Waals surface area contributed by atoms with Gasteiger partial charge in [0.05, 0.1) is 17.4 Å². The highest BCUT2D eigenvalue weighted by molar-refractivity contribution is 6.29. The van der Waals surface area contributed by atoms with Crippen molar-refractivity contribution in [3.63, 3.8) is 0 Å². The molecule has 3 aromatic heterocycles. The highest BCUT2D eigenvalue weighted by Gasteiger charge is 2.40. The van der Waals surface area contributed by atoms with Crippen molar-refractivity contribution in [3.05, 3.63) is 51.5 Å². The van der Waals surface area contributed by atoms with Gasteiger partial charge in [0.2, 0.25) is 0 Å². The second-order valence-electron chi connectivity index (χ2n) is 8.65. The van der Waals surface area contributed by atoms with Crippen LogP contribution in [0, 0.1) is 17.2 Å². The zero-order chi connectivity index (χ0) is 24.9. The van der Waals surface area contributed by atoms with E-state index in [1.54, 1.807) is 19.2 Å². The number of aryl methyl sites for hydroxylation is 1. The van der Waals surface area contributed by atoms with Crippen molar-refractivity contribution < 1.29 is 17.9 Å². The van der Waals surface area contributed by atoms with Crippen LogP contribution in [0.15, 0.2) is 35.3 Å². The SMILES string of the molecule is Cn1c(=O)c(C#N)c(N2CC[C@H]3[C@H](CCN3c3ccc(OC(F)(F)F)cn3)C2)c2nc(Cl)ccc21. The molecule has 12 heteroatoms. The van der Waals surface area contributed by atoms with Gasteiger partial charge in [-0.25, -0.2) is 9.97 Å². The van der Waals surface area contributed by atoms with Gasteiger partial charge in [-0.15, -0.1) is 13.2 Å². The summed E-state index contributed by atoms with van der Waals surface area (Å²) in [5.74, 6) is 0.437. The molecule has 2 aliphatic heterocycles. The first-order valence-electron chi connectivity index (χ1n) is 11.0. The fourth-order valence-electron chi connectivity index (χ4n) is 5.19. The van der Waals surface area contributed by atoms with Crippen LogP contribution in [0.3, 0.4) is 0 Å². The Morgan fingerprint density at radius 1 is 1.20 bits per heavy atom.